The second kappa shape index (κ2) is 5.23. The number of aliphatic hydroxyl groups is 1. The summed E-state index contributed by atoms with van der Waals surface area (Å²) in [5.41, 5.74) is 3.02. The molecule has 1 aliphatic rings. The van der Waals surface area contributed by atoms with Gasteiger partial charge in [0, 0.05) is 24.3 Å². The van der Waals surface area contributed by atoms with E-state index in [1.165, 1.54) is 0 Å². The maximum Gasteiger partial charge on any atom is 0.257 e. The summed E-state index contributed by atoms with van der Waals surface area (Å²) in [5, 5.41) is 12.9. The Labute approximate surface area is 117 Å². The summed E-state index contributed by atoms with van der Waals surface area (Å²) < 4.78 is 0. The molecule has 19 heavy (non-hydrogen) atoms. The Morgan fingerprint density at radius 3 is 2.84 bits per heavy atom. The van der Waals surface area contributed by atoms with Crippen LogP contribution >= 0.6 is 11.6 Å². The van der Waals surface area contributed by atoms with Crippen LogP contribution in [0, 0.1) is 0 Å². The largest absolute Gasteiger partial charge is 0.378 e. The smallest absolute Gasteiger partial charge is 0.257 e. The fourth-order valence-electron chi connectivity index (χ4n) is 2.19. The number of fused-ring (bicyclic) bond motifs is 1. The average Bonchev–Trinajstić information content (AvgIpc) is 2.62. The lowest BCUT2D eigenvalue weighted by Crippen LogP contribution is -2.24. The Bertz CT molecular complexity index is 542. The highest BCUT2D eigenvalue weighted by Gasteiger charge is 2.30. The number of rotatable bonds is 4. The standard InChI is InChI=1S/C14H17ClN2O2/c1-4-17(7-8(2)3)12-6-11-9(5-10(12)15)13(18)14(19)16-11/h5-6,13,18H,2,4,7H2,1,3H3,(H,16,19). The molecule has 0 radical (unpaired) electrons. The molecule has 1 aromatic carbocycles. The van der Waals surface area contributed by atoms with Gasteiger partial charge in [0.05, 0.1) is 10.7 Å². The Morgan fingerprint density at radius 1 is 1.58 bits per heavy atom. The monoisotopic (exact) mass is 280 g/mol. The Hall–Kier alpha value is -1.52. The summed E-state index contributed by atoms with van der Waals surface area (Å²) in [4.78, 5) is 13.5. The molecule has 1 heterocycles. The van der Waals surface area contributed by atoms with Gasteiger partial charge in [-0.25, -0.2) is 0 Å². The number of halogens is 1. The minimum Gasteiger partial charge on any atom is -0.378 e. The summed E-state index contributed by atoms with van der Waals surface area (Å²) in [7, 11) is 0. The van der Waals surface area contributed by atoms with Gasteiger partial charge in [-0.15, -0.1) is 0 Å². The molecule has 0 bridgehead atoms. The molecule has 0 fully saturated rings. The molecule has 1 atom stereocenters. The predicted octanol–water partition coefficient (Wildman–Crippen LogP) is 2.73. The van der Waals surface area contributed by atoms with Crippen molar-refractivity contribution < 1.29 is 9.90 Å². The number of nitrogens with zero attached hydrogens (tertiary/aromatic N) is 1. The highest BCUT2D eigenvalue weighted by molar-refractivity contribution is 6.33. The molecule has 1 unspecified atom stereocenters. The van der Waals surface area contributed by atoms with Crippen molar-refractivity contribution in [3.63, 3.8) is 0 Å². The number of carbonyl (C=O) groups excluding carboxylic acids is 1. The third-order valence-electron chi connectivity index (χ3n) is 3.10. The number of anilines is 2. The number of aliphatic hydroxyl groups excluding tert-OH is 1. The van der Waals surface area contributed by atoms with Crippen LogP contribution in [0.2, 0.25) is 5.02 Å². The number of amides is 1. The fraction of sp³-hybridized carbons (Fsp3) is 0.357. The van der Waals surface area contributed by atoms with E-state index in [2.05, 4.69) is 16.8 Å². The van der Waals surface area contributed by atoms with Gasteiger partial charge >= 0.3 is 0 Å². The maximum atomic E-state index is 11.4. The van der Waals surface area contributed by atoms with Crippen LogP contribution in [0.5, 0.6) is 0 Å². The lowest BCUT2D eigenvalue weighted by Gasteiger charge is -2.25. The first-order chi connectivity index (χ1) is 8.93. The minimum atomic E-state index is -1.13. The SMILES string of the molecule is C=C(C)CN(CC)c1cc2c(cc1Cl)C(O)C(=O)N2. The van der Waals surface area contributed by atoms with Crippen molar-refractivity contribution >= 4 is 28.9 Å². The Balaban J connectivity index is 2.41. The van der Waals surface area contributed by atoms with Gasteiger partial charge in [-0.3, -0.25) is 4.79 Å². The topological polar surface area (TPSA) is 52.6 Å². The van der Waals surface area contributed by atoms with E-state index in [9.17, 15) is 9.90 Å². The highest BCUT2D eigenvalue weighted by atomic mass is 35.5. The van der Waals surface area contributed by atoms with Crippen molar-refractivity contribution in [2.45, 2.75) is 20.0 Å². The van der Waals surface area contributed by atoms with Crippen molar-refractivity contribution in [2.75, 3.05) is 23.3 Å². The van der Waals surface area contributed by atoms with Gasteiger partial charge in [0.25, 0.3) is 5.91 Å². The molecule has 102 valence electrons. The zero-order valence-electron chi connectivity index (χ0n) is 11.0. The molecule has 0 saturated heterocycles. The van der Waals surface area contributed by atoms with Crippen molar-refractivity contribution in [1.29, 1.82) is 0 Å². The minimum absolute atomic E-state index is 0.411. The zero-order valence-corrected chi connectivity index (χ0v) is 11.8. The van der Waals surface area contributed by atoms with Crippen molar-refractivity contribution in [1.82, 2.24) is 0 Å². The number of carbonyl (C=O) groups is 1. The third kappa shape index (κ3) is 2.60. The van der Waals surface area contributed by atoms with E-state index in [1.54, 1.807) is 12.1 Å². The van der Waals surface area contributed by atoms with Crippen LogP contribution in [0.15, 0.2) is 24.3 Å². The zero-order chi connectivity index (χ0) is 14.2. The predicted molar refractivity (Wildman–Crippen MR) is 77.7 cm³/mol. The summed E-state index contributed by atoms with van der Waals surface area (Å²) >= 11 is 6.26. The molecule has 2 rings (SSSR count). The van der Waals surface area contributed by atoms with E-state index in [0.717, 1.165) is 17.8 Å². The molecular formula is C14H17ClN2O2. The van der Waals surface area contributed by atoms with Crippen LogP contribution in [0.4, 0.5) is 11.4 Å². The molecule has 4 nitrogen and oxygen atoms in total. The molecule has 1 amide bonds. The van der Waals surface area contributed by atoms with Crippen LogP contribution in [0.25, 0.3) is 0 Å². The molecule has 5 heteroatoms. The lowest BCUT2D eigenvalue weighted by atomic mass is 10.1. The number of likely N-dealkylation sites (N-methyl/N-ethyl adjacent to an activating group) is 1. The van der Waals surface area contributed by atoms with Crippen LogP contribution in [0.1, 0.15) is 25.5 Å². The first-order valence-electron chi connectivity index (χ1n) is 6.15. The van der Waals surface area contributed by atoms with Crippen LogP contribution in [0.3, 0.4) is 0 Å². The average molecular weight is 281 g/mol. The molecular weight excluding hydrogens is 264 g/mol. The molecule has 1 aliphatic heterocycles. The summed E-state index contributed by atoms with van der Waals surface area (Å²) in [5.74, 6) is -0.411. The molecule has 0 saturated carbocycles. The van der Waals surface area contributed by atoms with Gasteiger partial charge in [-0.1, -0.05) is 23.8 Å². The van der Waals surface area contributed by atoms with Gasteiger partial charge in [0.1, 0.15) is 0 Å². The van der Waals surface area contributed by atoms with Gasteiger partial charge in [0.15, 0.2) is 6.10 Å². The molecule has 0 aliphatic carbocycles. The molecule has 2 N–H and O–H groups in total. The van der Waals surface area contributed by atoms with E-state index >= 15 is 0 Å². The number of hydrogen-bond acceptors (Lipinski definition) is 3. The summed E-state index contributed by atoms with van der Waals surface area (Å²) in [6.07, 6.45) is -1.13. The first kappa shape index (κ1) is 13.9. The fourth-order valence-corrected chi connectivity index (χ4v) is 2.48. The van der Waals surface area contributed by atoms with E-state index in [0.29, 0.717) is 22.8 Å². The van der Waals surface area contributed by atoms with E-state index < -0.39 is 12.0 Å². The Morgan fingerprint density at radius 2 is 2.26 bits per heavy atom. The maximum absolute atomic E-state index is 11.4. The van der Waals surface area contributed by atoms with E-state index in [1.807, 2.05) is 13.8 Å². The second-order valence-corrected chi connectivity index (χ2v) is 5.16. The number of benzene rings is 1. The second-order valence-electron chi connectivity index (χ2n) is 4.75. The van der Waals surface area contributed by atoms with Crippen LogP contribution in [-0.4, -0.2) is 24.1 Å². The van der Waals surface area contributed by atoms with Gasteiger partial charge in [-0.05, 0) is 26.0 Å². The van der Waals surface area contributed by atoms with Gasteiger partial charge in [-0.2, -0.15) is 0 Å². The first-order valence-corrected chi connectivity index (χ1v) is 6.53. The van der Waals surface area contributed by atoms with Crippen molar-refractivity contribution in [2.24, 2.45) is 0 Å². The van der Waals surface area contributed by atoms with Crippen LogP contribution in [-0.2, 0) is 4.79 Å². The quantitative estimate of drug-likeness (QED) is 0.834. The van der Waals surface area contributed by atoms with Gasteiger partial charge < -0.3 is 15.3 Å². The van der Waals surface area contributed by atoms with Gasteiger partial charge in [0.2, 0.25) is 0 Å². The highest BCUT2D eigenvalue weighted by Crippen LogP contribution is 2.38. The van der Waals surface area contributed by atoms with Crippen molar-refractivity contribution in [3.8, 4) is 0 Å². The van der Waals surface area contributed by atoms with E-state index in [4.69, 9.17) is 11.6 Å². The number of hydrogen-bond donors (Lipinski definition) is 2. The Kier molecular flexibility index (Phi) is 3.83. The molecule has 0 spiro atoms. The molecule has 0 aromatic heterocycles. The normalized spacial score (nSPS) is 17.1. The van der Waals surface area contributed by atoms with Crippen molar-refractivity contribution in [3.05, 3.63) is 34.9 Å². The number of nitrogens with one attached hydrogen (secondary N) is 1. The lowest BCUT2D eigenvalue weighted by molar-refractivity contribution is -0.123. The summed E-state index contributed by atoms with van der Waals surface area (Å²) in [6.45, 7) is 9.36. The summed E-state index contributed by atoms with van der Waals surface area (Å²) in [6, 6.07) is 3.45. The third-order valence-corrected chi connectivity index (χ3v) is 3.41. The van der Waals surface area contributed by atoms with Crippen LogP contribution < -0.4 is 10.2 Å². The van der Waals surface area contributed by atoms with E-state index in [-0.39, 0.29) is 0 Å². The molecule has 1 aromatic rings.